The van der Waals surface area contributed by atoms with E-state index >= 15 is 0 Å². The maximum absolute atomic E-state index is 13.5. The molecule has 1 N–H and O–H groups in total. The molecule has 4 heteroatoms. The number of halogens is 1. The Kier molecular flexibility index (Phi) is 4.94. The molecule has 0 aliphatic carbocycles. The van der Waals surface area contributed by atoms with Crippen LogP contribution < -0.4 is 10.1 Å². The van der Waals surface area contributed by atoms with Gasteiger partial charge in [0, 0.05) is 6.04 Å². The van der Waals surface area contributed by atoms with Crippen LogP contribution in [-0.4, -0.2) is 18.6 Å². The van der Waals surface area contributed by atoms with Gasteiger partial charge in [-0.2, -0.15) is 0 Å². The summed E-state index contributed by atoms with van der Waals surface area (Å²) in [4.78, 5) is 11.3. The first-order valence-electron chi connectivity index (χ1n) is 5.73. The van der Waals surface area contributed by atoms with E-state index in [9.17, 15) is 9.18 Å². The van der Waals surface area contributed by atoms with Gasteiger partial charge >= 0.3 is 0 Å². The monoisotopic (exact) mass is 239 g/mol. The molecule has 1 amide bonds. The van der Waals surface area contributed by atoms with E-state index in [0.717, 1.165) is 12.0 Å². The SMILES string of the molecule is CCc1ccc(OCC(=O)NC(C)C)c(F)c1. The first kappa shape index (κ1) is 13.5. The van der Waals surface area contributed by atoms with Gasteiger partial charge in [0.1, 0.15) is 0 Å². The zero-order valence-electron chi connectivity index (χ0n) is 10.4. The number of rotatable bonds is 5. The highest BCUT2D eigenvalue weighted by molar-refractivity contribution is 5.77. The topological polar surface area (TPSA) is 38.3 Å². The van der Waals surface area contributed by atoms with E-state index in [2.05, 4.69) is 5.32 Å². The summed E-state index contributed by atoms with van der Waals surface area (Å²) in [6.07, 6.45) is 0.769. The van der Waals surface area contributed by atoms with E-state index in [0.29, 0.717) is 0 Å². The van der Waals surface area contributed by atoms with Crippen LogP contribution in [0.3, 0.4) is 0 Å². The molecule has 0 spiro atoms. The molecular weight excluding hydrogens is 221 g/mol. The van der Waals surface area contributed by atoms with Crippen LogP contribution in [0.2, 0.25) is 0 Å². The van der Waals surface area contributed by atoms with Crippen LogP contribution in [0.25, 0.3) is 0 Å². The Morgan fingerprint density at radius 2 is 2.18 bits per heavy atom. The van der Waals surface area contributed by atoms with Crippen LogP contribution in [0.5, 0.6) is 5.75 Å². The zero-order valence-corrected chi connectivity index (χ0v) is 10.4. The minimum absolute atomic E-state index is 0.0541. The van der Waals surface area contributed by atoms with E-state index < -0.39 is 5.82 Å². The fraction of sp³-hybridized carbons (Fsp3) is 0.462. The highest BCUT2D eigenvalue weighted by atomic mass is 19.1. The molecule has 0 heterocycles. The van der Waals surface area contributed by atoms with Crippen molar-refractivity contribution in [3.63, 3.8) is 0 Å². The highest BCUT2D eigenvalue weighted by Crippen LogP contribution is 2.18. The Morgan fingerprint density at radius 3 is 2.71 bits per heavy atom. The van der Waals surface area contributed by atoms with Gasteiger partial charge in [-0.15, -0.1) is 0 Å². The Hall–Kier alpha value is -1.58. The fourth-order valence-corrected chi connectivity index (χ4v) is 1.39. The van der Waals surface area contributed by atoms with Crippen molar-refractivity contribution in [2.45, 2.75) is 33.2 Å². The molecule has 3 nitrogen and oxygen atoms in total. The van der Waals surface area contributed by atoms with Crippen molar-refractivity contribution in [3.8, 4) is 5.75 Å². The minimum atomic E-state index is -0.429. The van der Waals surface area contributed by atoms with Crippen LogP contribution in [0.4, 0.5) is 4.39 Å². The Bertz CT molecular complexity index is 391. The van der Waals surface area contributed by atoms with E-state index in [1.807, 2.05) is 20.8 Å². The van der Waals surface area contributed by atoms with Crippen molar-refractivity contribution in [3.05, 3.63) is 29.6 Å². The number of carbonyl (C=O) groups is 1. The second kappa shape index (κ2) is 6.23. The number of hydrogen-bond acceptors (Lipinski definition) is 2. The highest BCUT2D eigenvalue weighted by Gasteiger charge is 2.08. The van der Waals surface area contributed by atoms with Crippen LogP contribution in [0, 0.1) is 5.82 Å². The molecule has 0 unspecified atom stereocenters. The summed E-state index contributed by atoms with van der Waals surface area (Å²) in [5.41, 5.74) is 0.904. The Morgan fingerprint density at radius 1 is 1.47 bits per heavy atom. The van der Waals surface area contributed by atoms with Crippen LogP contribution >= 0.6 is 0 Å². The maximum atomic E-state index is 13.5. The number of ether oxygens (including phenoxy) is 1. The summed E-state index contributed by atoms with van der Waals surface area (Å²) in [5.74, 6) is -0.568. The van der Waals surface area contributed by atoms with Crippen LogP contribution in [0.15, 0.2) is 18.2 Å². The van der Waals surface area contributed by atoms with Gasteiger partial charge in [-0.3, -0.25) is 4.79 Å². The van der Waals surface area contributed by atoms with E-state index in [4.69, 9.17) is 4.74 Å². The fourth-order valence-electron chi connectivity index (χ4n) is 1.39. The van der Waals surface area contributed by atoms with Gasteiger partial charge < -0.3 is 10.1 Å². The van der Waals surface area contributed by atoms with Gasteiger partial charge in [0.15, 0.2) is 18.2 Å². The third-order valence-corrected chi connectivity index (χ3v) is 2.21. The number of hydrogen-bond donors (Lipinski definition) is 1. The molecule has 0 bridgehead atoms. The summed E-state index contributed by atoms with van der Waals surface area (Å²) in [7, 11) is 0. The second-order valence-corrected chi connectivity index (χ2v) is 4.13. The van der Waals surface area contributed by atoms with E-state index in [1.165, 1.54) is 6.07 Å². The predicted octanol–water partition coefficient (Wildman–Crippen LogP) is 2.29. The second-order valence-electron chi connectivity index (χ2n) is 4.13. The molecule has 0 saturated carbocycles. The summed E-state index contributed by atoms with van der Waals surface area (Å²) < 4.78 is 18.6. The van der Waals surface area contributed by atoms with Crippen molar-refractivity contribution in [1.29, 1.82) is 0 Å². The van der Waals surface area contributed by atoms with Crippen molar-refractivity contribution in [2.24, 2.45) is 0 Å². The minimum Gasteiger partial charge on any atom is -0.481 e. The lowest BCUT2D eigenvalue weighted by atomic mass is 10.1. The first-order chi connectivity index (χ1) is 8.02. The third kappa shape index (κ3) is 4.43. The molecule has 1 aromatic carbocycles. The lowest BCUT2D eigenvalue weighted by Crippen LogP contribution is -2.34. The Balaban J connectivity index is 2.55. The van der Waals surface area contributed by atoms with E-state index in [-0.39, 0.29) is 24.3 Å². The summed E-state index contributed by atoms with van der Waals surface area (Å²) in [6, 6.07) is 4.82. The lowest BCUT2D eigenvalue weighted by molar-refractivity contribution is -0.123. The molecule has 0 fully saturated rings. The molecule has 0 atom stereocenters. The largest absolute Gasteiger partial charge is 0.481 e. The van der Waals surface area contributed by atoms with Gasteiger partial charge in [-0.25, -0.2) is 4.39 Å². The first-order valence-corrected chi connectivity index (χ1v) is 5.73. The lowest BCUT2D eigenvalue weighted by Gasteiger charge is -2.10. The molecule has 17 heavy (non-hydrogen) atoms. The Labute approximate surface area is 101 Å². The molecule has 0 aliphatic heterocycles. The van der Waals surface area contributed by atoms with Gasteiger partial charge in [-0.05, 0) is 38.0 Å². The molecule has 0 aliphatic rings. The standard InChI is InChI=1S/C13H18FNO2/c1-4-10-5-6-12(11(14)7-10)17-8-13(16)15-9(2)3/h5-7,9H,4,8H2,1-3H3,(H,15,16). The molecule has 0 aromatic heterocycles. The van der Waals surface area contributed by atoms with E-state index in [1.54, 1.807) is 12.1 Å². The number of nitrogens with one attached hydrogen (secondary N) is 1. The average molecular weight is 239 g/mol. The molecule has 1 aromatic rings. The molecular formula is C13H18FNO2. The van der Waals surface area contributed by atoms with Crippen LogP contribution in [-0.2, 0) is 11.2 Å². The van der Waals surface area contributed by atoms with Gasteiger partial charge in [-0.1, -0.05) is 13.0 Å². The predicted molar refractivity (Wildman–Crippen MR) is 64.6 cm³/mol. The molecule has 94 valence electrons. The summed E-state index contributed by atoms with van der Waals surface area (Å²) in [6.45, 7) is 5.50. The van der Waals surface area contributed by atoms with Gasteiger partial charge in [0.25, 0.3) is 5.91 Å². The molecule has 0 radical (unpaired) electrons. The van der Waals surface area contributed by atoms with Gasteiger partial charge in [0.2, 0.25) is 0 Å². The van der Waals surface area contributed by atoms with Crippen molar-refractivity contribution >= 4 is 5.91 Å². The molecule has 1 rings (SSSR count). The maximum Gasteiger partial charge on any atom is 0.258 e. The van der Waals surface area contributed by atoms with Crippen molar-refractivity contribution < 1.29 is 13.9 Å². The number of aryl methyl sites for hydroxylation is 1. The zero-order chi connectivity index (χ0) is 12.8. The van der Waals surface area contributed by atoms with Crippen molar-refractivity contribution in [2.75, 3.05) is 6.61 Å². The number of benzene rings is 1. The van der Waals surface area contributed by atoms with Crippen LogP contribution in [0.1, 0.15) is 26.3 Å². The third-order valence-electron chi connectivity index (χ3n) is 2.21. The smallest absolute Gasteiger partial charge is 0.258 e. The normalized spacial score (nSPS) is 10.4. The van der Waals surface area contributed by atoms with Gasteiger partial charge in [0.05, 0.1) is 0 Å². The summed E-state index contributed by atoms with van der Waals surface area (Å²) in [5, 5.41) is 2.67. The number of amides is 1. The van der Waals surface area contributed by atoms with Crippen molar-refractivity contribution in [1.82, 2.24) is 5.32 Å². The average Bonchev–Trinajstić information content (AvgIpc) is 2.26. The number of carbonyl (C=O) groups excluding carboxylic acids is 1. The summed E-state index contributed by atoms with van der Waals surface area (Å²) >= 11 is 0. The molecule has 0 saturated heterocycles. The quantitative estimate of drug-likeness (QED) is 0.856.